The second kappa shape index (κ2) is 4.96. The molecule has 1 heterocycles. The molecule has 3 rings (SSSR count). The lowest BCUT2D eigenvalue weighted by atomic mass is 10.1. The molecule has 2 aromatic carbocycles. The predicted molar refractivity (Wildman–Crippen MR) is 83.7 cm³/mol. The minimum atomic E-state index is -1.13. The van der Waals surface area contributed by atoms with Gasteiger partial charge >= 0.3 is 5.97 Å². The first-order valence-corrected chi connectivity index (χ1v) is 7.08. The molecule has 0 saturated carbocycles. The van der Waals surface area contributed by atoms with Crippen LogP contribution in [0.5, 0.6) is 0 Å². The Morgan fingerprint density at radius 2 is 1.71 bits per heavy atom. The number of nitrogens with zero attached hydrogens (tertiary/aromatic N) is 1. The number of carbonyl (C=O) groups excluding carboxylic acids is 2. The third-order valence-electron chi connectivity index (χ3n) is 3.20. The number of aromatic carboxylic acids is 1. The van der Waals surface area contributed by atoms with Gasteiger partial charge in [0.15, 0.2) is 0 Å². The molecule has 2 amide bonds. The van der Waals surface area contributed by atoms with E-state index in [1.807, 2.05) is 6.07 Å². The third-order valence-corrected chi connectivity index (χ3v) is 3.87. The van der Waals surface area contributed by atoms with E-state index < -0.39 is 17.8 Å². The topological polar surface area (TPSA) is 74.7 Å². The number of benzene rings is 2. The first-order chi connectivity index (χ1) is 9.99. The summed E-state index contributed by atoms with van der Waals surface area (Å²) >= 11 is 2.09. The van der Waals surface area contributed by atoms with E-state index in [1.54, 1.807) is 18.2 Å². The first-order valence-electron chi connectivity index (χ1n) is 6.01. The molecule has 0 radical (unpaired) electrons. The van der Waals surface area contributed by atoms with Gasteiger partial charge in [-0.05, 0) is 59.0 Å². The molecule has 1 N–H and O–H groups in total. The van der Waals surface area contributed by atoms with Gasteiger partial charge in [0.25, 0.3) is 11.8 Å². The quantitative estimate of drug-likeness (QED) is 0.629. The van der Waals surface area contributed by atoms with Gasteiger partial charge in [0.2, 0.25) is 0 Å². The molecule has 6 heteroatoms. The van der Waals surface area contributed by atoms with E-state index in [0.29, 0.717) is 5.69 Å². The summed E-state index contributed by atoms with van der Waals surface area (Å²) in [5.74, 6) is -2.07. The fraction of sp³-hybridized carbons (Fsp3) is 0. The largest absolute Gasteiger partial charge is 0.478 e. The molecule has 0 bridgehead atoms. The minimum absolute atomic E-state index is 0.0145. The van der Waals surface area contributed by atoms with Crippen molar-refractivity contribution >= 4 is 46.1 Å². The zero-order valence-electron chi connectivity index (χ0n) is 10.5. The fourth-order valence-electron chi connectivity index (χ4n) is 2.22. The lowest BCUT2D eigenvalue weighted by Gasteiger charge is -2.13. The number of hydrogen-bond donors (Lipinski definition) is 1. The van der Waals surface area contributed by atoms with Gasteiger partial charge < -0.3 is 5.11 Å². The summed E-state index contributed by atoms with van der Waals surface area (Å²) in [6.07, 6.45) is 0. The van der Waals surface area contributed by atoms with Crippen molar-refractivity contribution in [3.8, 4) is 0 Å². The molecule has 21 heavy (non-hydrogen) atoms. The molecule has 0 saturated heterocycles. The minimum Gasteiger partial charge on any atom is -0.478 e. The van der Waals surface area contributed by atoms with Crippen molar-refractivity contribution in [2.45, 2.75) is 0 Å². The summed E-state index contributed by atoms with van der Waals surface area (Å²) in [7, 11) is 0. The van der Waals surface area contributed by atoms with Crippen LogP contribution in [0.15, 0.2) is 42.5 Å². The van der Waals surface area contributed by atoms with Crippen LogP contribution in [0.2, 0.25) is 0 Å². The Balaban J connectivity index is 2.10. The van der Waals surface area contributed by atoms with Crippen molar-refractivity contribution in [2.75, 3.05) is 4.90 Å². The van der Waals surface area contributed by atoms with Crippen LogP contribution < -0.4 is 4.90 Å². The summed E-state index contributed by atoms with van der Waals surface area (Å²) in [6, 6.07) is 10.9. The molecule has 1 aliphatic heterocycles. The average Bonchev–Trinajstić information content (AvgIpc) is 2.70. The fourth-order valence-corrected chi connectivity index (χ4v) is 2.75. The highest BCUT2D eigenvalue weighted by Gasteiger charge is 2.37. The van der Waals surface area contributed by atoms with Crippen LogP contribution in [0.1, 0.15) is 31.1 Å². The SMILES string of the molecule is O=C(O)c1ccc2c(c1)C(=O)N(c1cccc(I)c1)C2=O. The highest BCUT2D eigenvalue weighted by atomic mass is 127. The maximum Gasteiger partial charge on any atom is 0.335 e. The number of rotatable bonds is 2. The van der Waals surface area contributed by atoms with Crippen LogP contribution in [-0.4, -0.2) is 22.9 Å². The van der Waals surface area contributed by atoms with Crippen molar-refractivity contribution in [2.24, 2.45) is 0 Å². The molecule has 1 aliphatic rings. The van der Waals surface area contributed by atoms with E-state index in [9.17, 15) is 14.4 Å². The monoisotopic (exact) mass is 393 g/mol. The van der Waals surface area contributed by atoms with E-state index in [1.165, 1.54) is 18.2 Å². The van der Waals surface area contributed by atoms with Crippen LogP contribution >= 0.6 is 22.6 Å². The van der Waals surface area contributed by atoms with Crippen molar-refractivity contribution < 1.29 is 19.5 Å². The molecule has 0 aliphatic carbocycles. The predicted octanol–water partition coefficient (Wildman–Crippen LogP) is 2.79. The maximum atomic E-state index is 12.4. The van der Waals surface area contributed by atoms with Gasteiger partial charge in [-0.3, -0.25) is 9.59 Å². The maximum absolute atomic E-state index is 12.4. The van der Waals surface area contributed by atoms with Crippen LogP contribution in [0.3, 0.4) is 0 Å². The van der Waals surface area contributed by atoms with E-state index >= 15 is 0 Å². The number of carboxylic acids is 1. The van der Waals surface area contributed by atoms with Crippen LogP contribution in [0.25, 0.3) is 0 Å². The van der Waals surface area contributed by atoms with Crippen molar-refractivity contribution in [3.63, 3.8) is 0 Å². The molecular weight excluding hydrogens is 385 g/mol. The second-order valence-corrected chi connectivity index (χ2v) is 5.74. The summed E-state index contributed by atoms with van der Waals surface area (Å²) in [5.41, 5.74) is 0.812. The number of amides is 2. The zero-order chi connectivity index (χ0) is 15.1. The molecule has 0 aromatic heterocycles. The molecule has 0 fully saturated rings. The Kier molecular flexibility index (Phi) is 3.25. The number of halogens is 1. The van der Waals surface area contributed by atoms with Crippen molar-refractivity contribution in [3.05, 3.63) is 62.7 Å². The first kappa shape index (κ1) is 13.7. The smallest absolute Gasteiger partial charge is 0.335 e. The van der Waals surface area contributed by atoms with Gasteiger partial charge in [0.1, 0.15) is 0 Å². The second-order valence-electron chi connectivity index (χ2n) is 4.49. The van der Waals surface area contributed by atoms with Crippen molar-refractivity contribution in [1.82, 2.24) is 0 Å². The number of carbonyl (C=O) groups is 3. The number of hydrogen-bond acceptors (Lipinski definition) is 3. The molecule has 0 spiro atoms. The van der Waals surface area contributed by atoms with Crippen LogP contribution in [0.4, 0.5) is 5.69 Å². The Morgan fingerprint density at radius 1 is 1.00 bits per heavy atom. The highest BCUT2D eigenvalue weighted by molar-refractivity contribution is 14.1. The third kappa shape index (κ3) is 2.21. The molecule has 104 valence electrons. The molecule has 2 aromatic rings. The molecule has 5 nitrogen and oxygen atoms in total. The Hall–Kier alpha value is -2.22. The average molecular weight is 393 g/mol. The number of imide groups is 1. The van der Waals surface area contributed by atoms with Crippen LogP contribution in [-0.2, 0) is 0 Å². The van der Waals surface area contributed by atoms with Gasteiger partial charge in [-0.1, -0.05) is 6.07 Å². The Bertz CT molecular complexity index is 800. The molecule has 0 unspecified atom stereocenters. The summed E-state index contributed by atoms with van der Waals surface area (Å²) < 4.78 is 0.896. The van der Waals surface area contributed by atoms with Gasteiger partial charge in [0.05, 0.1) is 22.4 Å². The van der Waals surface area contributed by atoms with E-state index in [2.05, 4.69) is 22.6 Å². The summed E-state index contributed by atoms with van der Waals surface area (Å²) in [5, 5.41) is 8.98. The highest BCUT2D eigenvalue weighted by Crippen LogP contribution is 2.29. The molecule has 0 atom stereocenters. The van der Waals surface area contributed by atoms with Crippen molar-refractivity contribution in [1.29, 1.82) is 0 Å². The lowest BCUT2D eigenvalue weighted by molar-refractivity contribution is 0.0696. The van der Waals surface area contributed by atoms with Crippen LogP contribution in [0, 0.1) is 3.57 Å². The number of carboxylic acid groups (broad SMARTS) is 1. The Morgan fingerprint density at radius 3 is 2.38 bits per heavy atom. The number of fused-ring (bicyclic) bond motifs is 1. The van der Waals surface area contributed by atoms with E-state index in [-0.39, 0.29) is 16.7 Å². The standard InChI is InChI=1S/C15H8INO4/c16-9-2-1-3-10(7-9)17-13(18)11-5-4-8(15(20)21)6-12(11)14(17)19/h1-7H,(H,20,21). The lowest BCUT2D eigenvalue weighted by Crippen LogP contribution is -2.29. The zero-order valence-corrected chi connectivity index (χ0v) is 12.7. The summed E-state index contributed by atoms with van der Waals surface area (Å²) in [6.45, 7) is 0. The Labute approximate surface area is 133 Å². The normalized spacial score (nSPS) is 13.5. The van der Waals surface area contributed by atoms with E-state index in [0.717, 1.165) is 8.47 Å². The van der Waals surface area contributed by atoms with Gasteiger partial charge in [-0.2, -0.15) is 0 Å². The van der Waals surface area contributed by atoms with E-state index in [4.69, 9.17) is 5.11 Å². The van der Waals surface area contributed by atoms with Gasteiger partial charge in [0, 0.05) is 3.57 Å². The van der Waals surface area contributed by atoms with Gasteiger partial charge in [-0.25, -0.2) is 9.69 Å². The molecular formula is C15H8INO4. The summed E-state index contributed by atoms with van der Waals surface area (Å²) in [4.78, 5) is 36.8. The van der Waals surface area contributed by atoms with Gasteiger partial charge in [-0.15, -0.1) is 0 Å². The number of anilines is 1.